The fourth-order valence-corrected chi connectivity index (χ4v) is 0. The molecule has 0 saturated carbocycles. The van der Waals surface area contributed by atoms with Gasteiger partial charge in [0.15, 0.2) is 0 Å². The van der Waals surface area contributed by atoms with Crippen molar-refractivity contribution in [3.63, 3.8) is 0 Å². The third kappa shape index (κ3) is 356. The van der Waals surface area contributed by atoms with E-state index in [9.17, 15) is 0 Å². The smallest absolute Gasteiger partial charge is 1.00 e. The molecule has 0 spiro atoms. The quantitative estimate of drug-likeness (QED) is 0.315. The Balaban J connectivity index is -0.00000000427. The van der Waals surface area contributed by atoms with Crippen LogP contribution in [-0.2, 0) is 20.8 Å². The maximum atomic E-state index is 8.74. The van der Waals surface area contributed by atoms with Crippen LogP contribution < -0.4 is 0 Å². The summed E-state index contributed by atoms with van der Waals surface area (Å²) >= 11 is 0. The molecule has 0 aromatic carbocycles. The second-order valence-electron chi connectivity index (χ2n) is 0.896. The maximum absolute atomic E-state index is 8.74. The van der Waals surface area contributed by atoms with Crippen LogP contribution in [0.25, 0.3) is 0 Å². The molecular formula is H11CaClMg2O8S2. The SMILES string of the molecule is Cl.O=S(=O)(O)O.O=S(=O)(O)O.[Ca+2].[H-].[H-].[H-].[H-].[H-].[H-].[Mg+2].[Mg+2]. The molecule has 0 heterocycles. The molecule has 8 nitrogen and oxygen atoms in total. The van der Waals surface area contributed by atoms with E-state index in [1.807, 2.05) is 0 Å². The Hall–Kier alpha value is 2.82. The first kappa shape index (κ1) is 36.0. The third-order valence-electron chi connectivity index (χ3n) is 0. The van der Waals surface area contributed by atoms with E-state index in [0.29, 0.717) is 0 Å². The van der Waals surface area contributed by atoms with Gasteiger partial charge in [0.05, 0.1) is 0 Å². The van der Waals surface area contributed by atoms with Crippen molar-refractivity contribution >= 4 is 117 Å². The molecule has 0 rings (SSSR count). The van der Waals surface area contributed by atoms with Gasteiger partial charge in [-0.1, -0.05) is 0 Å². The van der Waals surface area contributed by atoms with Crippen molar-refractivity contribution in [1.82, 2.24) is 0 Å². The van der Waals surface area contributed by atoms with Crippen molar-refractivity contribution in [2.24, 2.45) is 0 Å². The van der Waals surface area contributed by atoms with Gasteiger partial charge < -0.3 is 8.56 Å². The maximum Gasteiger partial charge on any atom is 2.00 e. The Morgan fingerprint density at radius 2 is 0.714 bits per heavy atom. The largest absolute Gasteiger partial charge is 2.00 e. The van der Waals surface area contributed by atoms with Crippen LogP contribution in [0.1, 0.15) is 8.56 Å². The first-order valence-corrected chi connectivity index (χ1v) is 4.19. The summed E-state index contributed by atoms with van der Waals surface area (Å²) in [7, 11) is -9.33. The van der Waals surface area contributed by atoms with Crippen molar-refractivity contribution in [3.8, 4) is 0 Å². The van der Waals surface area contributed by atoms with Gasteiger partial charge in [-0.05, 0) is 0 Å². The third-order valence-corrected chi connectivity index (χ3v) is 0. The van der Waals surface area contributed by atoms with E-state index in [4.69, 9.17) is 35.0 Å². The second-order valence-corrected chi connectivity index (χ2v) is 2.69. The summed E-state index contributed by atoms with van der Waals surface area (Å²) in [4.78, 5) is 0. The first-order valence-electron chi connectivity index (χ1n) is 1.40. The van der Waals surface area contributed by atoms with Crippen LogP contribution in [0.15, 0.2) is 0 Å². The molecule has 84 valence electrons. The number of rotatable bonds is 0. The minimum atomic E-state index is -4.67. The Morgan fingerprint density at radius 3 is 0.714 bits per heavy atom. The standard InChI is InChI=1S/Ca.ClH.2Mg.2H2O4S.6H/c;;;;2*1-5(2,3)4;;;;;;/h;1H;;;2*(H2,1,2,3,4);;;;;;/q+2;;2*+2;;;6*-1. The predicted octanol–water partition coefficient (Wildman–Crippen LogP) is -1.35. The minimum absolute atomic E-state index is 0. The molecule has 0 amide bonds. The first-order chi connectivity index (χ1) is 4.00. The average Bonchev–Trinajstić information content (AvgIpc) is 1.12. The van der Waals surface area contributed by atoms with Gasteiger partial charge in [-0.2, -0.15) is 16.8 Å². The second kappa shape index (κ2) is 15.8. The zero-order valence-electron chi connectivity index (χ0n) is 12.8. The van der Waals surface area contributed by atoms with Crippen LogP contribution in [0.5, 0.6) is 0 Å². The van der Waals surface area contributed by atoms with E-state index in [1.54, 1.807) is 0 Å². The summed E-state index contributed by atoms with van der Waals surface area (Å²) in [5, 5.41) is 0. The van der Waals surface area contributed by atoms with Gasteiger partial charge in [-0.25, -0.2) is 0 Å². The average molecular weight is 327 g/mol. The molecule has 14 heteroatoms. The molecule has 0 unspecified atom stereocenters. The van der Waals surface area contributed by atoms with Gasteiger partial charge in [-0.15, -0.1) is 12.4 Å². The normalized spacial score (nSPS) is 8.29. The predicted molar refractivity (Wildman–Crippen MR) is 59.5 cm³/mol. The van der Waals surface area contributed by atoms with E-state index in [2.05, 4.69) is 0 Å². The molecule has 0 fully saturated rings. The summed E-state index contributed by atoms with van der Waals surface area (Å²) in [6.07, 6.45) is 0. The molecule has 0 aromatic rings. The molecule has 0 atom stereocenters. The van der Waals surface area contributed by atoms with Crippen molar-refractivity contribution in [1.29, 1.82) is 0 Å². The molecule has 4 N–H and O–H groups in total. The molecule has 0 aliphatic heterocycles. The Labute approximate surface area is 158 Å². The molecule has 0 aliphatic carbocycles. The van der Waals surface area contributed by atoms with Crippen molar-refractivity contribution < 1.29 is 43.6 Å². The van der Waals surface area contributed by atoms with Gasteiger partial charge >= 0.3 is 105 Å². The molecule has 0 saturated heterocycles. The Bertz CT molecular complexity index is 239. The topological polar surface area (TPSA) is 149 Å². The van der Waals surface area contributed by atoms with Gasteiger partial charge in [0.25, 0.3) is 0 Å². The monoisotopic (exact) mass is 326 g/mol. The van der Waals surface area contributed by atoms with Gasteiger partial charge in [0, 0.05) is 0 Å². The van der Waals surface area contributed by atoms with Gasteiger partial charge in [0.1, 0.15) is 0 Å². The van der Waals surface area contributed by atoms with Crippen molar-refractivity contribution in [2.45, 2.75) is 0 Å². The Morgan fingerprint density at radius 1 is 0.714 bits per heavy atom. The fourth-order valence-electron chi connectivity index (χ4n) is 0. The van der Waals surface area contributed by atoms with E-state index < -0.39 is 20.8 Å². The number of hydrogen-bond acceptors (Lipinski definition) is 4. The van der Waals surface area contributed by atoms with E-state index >= 15 is 0 Å². The fraction of sp³-hybridized carbons (Fsp3) is 0. The van der Waals surface area contributed by atoms with Crippen molar-refractivity contribution in [3.05, 3.63) is 0 Å². The Kier molecular flexibility index (Phi) is 40.6. The van der Waals surface area contributed by atoms with E-state index in [0.717, 1.165) is 0 Å². The molecule has 14 heavy (non-hydrogen) atoms. The van der Waals surface area contributed by atoms with Crippen molar-refractivity contribution in [2.75, 3.05) is 0 Å². The summed E-state index contributed by atoms with van der Waals surface area (Å²) in [5.74, 6) is 0. The zero-order valence-corrected chi connectivity index (χ0v) is 14.3. The van der Waals surface area contributed by atoms with Crippen LogP contribution in [0, 0.1) is 0 Å². The summed E-state index contributed by atoms with van der Waals surface area (Å²) in [6.45, 7) is 0. The summed E-state index contributed by atoms with van der Waals surface area (Å²) < 4.78 is 63.2. The summed E-state index contributed by atoms with van der Waals surface area (Å²) in [5.41, 5.74) is 0. The minimum Gasteiger partial charge on any atom is -1.00 e. The van der Waals surface area contributed by atoms with Crippen LogP contribution >= 0.6 is 12.4 Å². The van der Waals surface area contributed by atoms with Crippen LogP contribution in [0.4, 0.5) is 0 Å². The van der Waals surface area contributed by atoms with Crippen LogP contribution in [0.3, 0.4) is 0 Å². The van der Waals surface area contributed by atoms with Gasteiger partial charge in [-0.3, -0.25) is 18.2 Å². The van der Waals surface area contributed by atoms with Crippen LogP contribution in [-0.4, -0.2) is 119 Å². The molecular weight excluding hydrogens is 316 g/mol. The van der Waals surface area contributed by atoms with E-state index in [-0.39, 0.29) is 105 Å². The molecule has 0 aliphatic rings. The number of hydrogen-bond donors (Lipinski definition) is 4. The van der Waals surface area contributed by atoms with Gasteiger partial charge in [0.2, 0.25) is 0 Å². The molecule has 0 aromatic heterocycles. The molecule has 0 bridgehead atoms. The summed E-state index contributed by atoms with van der Waals surface area (Å²) in [6, 6.07) is 0. The van der Waals surface area contributed by atoms with E-state index in [1.165, 1.54) is 0 Å². The number of halogens is 1. The van der Waals surface area contributed by atoms with Crippen LogP contribution in [0.2, 0.25) is 0 Å². The zero-order chi connectivity index (χ0) is 9.00. The molecule has 0 radical (unpaired) electrons.